The van der Waals surface area contributed by atoms with Gasteiger partial charge in [-0.15, -0.1) is 11.3 Å². The van der Waals surface area contributed by atoms with Crippen LogP contribution in [-0.4, -0.2) is 12.5 Å². The fourth-order valence-electron chi connectivity index (χ4n) is 1.70. The Hall–Kier alpha value is -1.47. The molecule has 0 radical (unpaired) electrons. The summed E-state index contributed by atoms with van der Waals surface area (Å²) in [4.78, 5) is 12.6. The van der Waals surface area contributed by atoms with Gasteiger partial charge in [-0.2, -0.15) is 8.78 Å². The molecule has 0 bridgehead atoms. The van der Waals surface area contributed by atoms with Crippen LogP contribution in [0.15, 0.2) is 34.1 Å². The summed E-state index contributed by atoms with van der Waals surface area (Å²) in [5, 5.41) is 2.70. The summed E-state index contributed by atoms with van der Waals surface area (Å²) in [7, 11) is 0. The van der Waals surface area contributed by atoms with E-state index in [1.165, 1.54) is 17.4 Å². The van der Waals surface area contributed by atoms with Crippen LogP contribution in [0.2, 0.25) is 0 Å². The number of alkyl halides is 2. The normalized spacial score (nSPS) is 10.7. The number of hydrogen-bond donors (Lipinski definition) is 1. The molecule has 3 nitrogen and oxygen atoms in total. The van der Waals surface area contributed by atoms with E-state index in [9.17, 15) is 13.6 Å². The molecule has 1 aromatic carbocycles. The fraction of sp³-hybridized carbons (Fsp3) is 0.214. The number of halogens is 3. The van der Waals surface area contributed by atoms with Crippen LogP contribution in [0.1, 0.15) is 20.8 Å². The molecule has 7 heteroatoms. The third-order valence-electron chi connectivity index (χ3n) is 2.71. The number of rotatable bonds is 5. The highest BCUT2D eigenvalue weighted by atomic mass is 79.9. The minimum absolute atomic E-state index is 0.0661. The summed E-state index contributed by atoms with van der Waals surface area (Å²) in [6.45, 7) is -0.878. The molecule has 1 N–H and O–H groups in total. The maximum absolute atomic E-state index is 12.3. The SMILES string of the molecule is Cc1cc(C(=O)NCc2ccccc2OC(F)F)sc1Br. The van der Waals surface area contributed by atoms with Gasteiger partial charge in [0, 0.05) is 12.1 Å². The van der Waals surface area contributed by atoms with Crippen molar-refractivity contribution in [1.29, 1.82) is 0 Å². The molecule has 0 spiro atoms. The van der Waals surface area contributed by atoms with Gasteiger partial charge in [0.25, 0.3) is 5.91 Å². The molecule has 0 aliphatic heterocycles. The standard InChI is InChI=1S/C14H12BrF2NO2S/c1-8-6-11(21-12(8)15)13(19)18-7-9-4-2-3-5-10(9)20-14(16)17/h2-6,14H,7H2,1H3,(H,18,19). The molecule has 2 aromatic rings. The molecule has 2 rings (SSSR count). The van der Waals surface area contributed by atoms with Crippen molar-refractivity contribution >= 4 is 33.2 Å². The second-order valence-corrected chi connectivity index (χ2v) is 6.61. The average Bonchev–Trinajstić information content (AvgIpc) is 2.77. The number of carbonyl (C=O) groups excluding carboxylic acids is 1. The Bertz CT molecular complexity index is 626. The Balaban J connectivity index is 2.04. The van der Waals surface area contributed by atoms with E-state index in [4.69, 9.17) is 0 Å². The van der Waals surface area contributed by atoms with E-state index in [-0.39, 0.29) is 18.2 Å². The molecule has 0 aliphatic carbocycles. The van der Waals surface area contributed by atoms with E-state index in [1.807, 2.05) is 6.92 Å². The van der Waals surface area contributed by atoms with E-state index in [0.29, 0.717) is 10.4 Å². The monoisotopic (exact) mass is 375 g/mol. The first-order valence-corrected chi connectivity index (χ1v) is 7.65. The van der Waals surface area contributed by atoms with Crippen molar-refractivity contribution < 1.29 is 18.3 Å². The zero-order valence-electron chi connectivity index (χ0n) is 11.0. The number of ether oxygens (including phenoxy) is 1. The number of para-hydroxylation sites is 1. The number of hydrogen-bond acceptors (Lipinski definition) is 3. The van der Waals surface area contributed by atoms with E-state index in [0.717, 1.165) is 9.35 Å². The molecule has 1 amide bonds. The fourth-order valence-corrected chi connectivity index (χ4v) is 3.15. The highest BCUT2D eigenvalue weighted by molar-refractivity contribution is 9.11. The lowest BCUT2D eigenvalue weighted by molar-refractivity contribution is -0.0504. The van der Waals surface area contributed by atoms with E-state index < -0.39 is 6.61 Å². The van der Waals surface area contributed by atoms with E-state index in [1.54, 1.807) is 24.3 Å². The van der Waals surface area contributed by atoms with Crippen molar-refractivity contribution in [1.82, 2.24) is 5.32 Å². The molecule has 0 saturated heterocycles. The van der Waals surface area contributed by atoms with Crippen molar-refractivity contribution in [2.45, 2.75) is 20.1 Å². The topological polar surface area (TPSA) is 38.3 Å². The largest absolute Gasteiger partial charge is 0.434 e. The Kier molecular flexibility index (Phi) is 5.30. The van der Waals surface area contributed by atoms with Gasteiger partial charge in [-0.25, -0.2) is 0 Å². The summed E-state index contributed by atoms with van der Waals surface area (Å²) in [5.74, 6) is -0.183. The number of amides is 1. The van der Waals surface area contributed by atoms with Gasteiger partial charge in [-0.05, 0) is 40.5 Å². The van der Waals surface area contributed by atoms with Crippen molar-refractivity contribution in [2.24, 2.45) is 0 Å². The maximum atomic E-state index is 12.3. The van der Waals surface area contributed by atoms with Crippen molar-refractivity contribution in [3.05, 3.63) is 50.1 Å². The van der Waals surface area contributed by atoms with Gasteiger partial charge >= 0.3 is 6.61 Å². The first-order chi connectivity index (χ1) is 9.97. The first kappa shape index (κ1) is 15.9. The summed E-state index contributed by atoms with van der Waals surface area (Å²) in [6.07, 6.45) is 0. The second-order valence-electron chi connectivity index (χ2n) is 4.24. The number of benzene rings is 1. The molecular formula is C14H12BrF2NO2S. The van der Waals surface area contributed by atoms with Crippen molar-refractivity contribution in [3.8, 4) is 5.75 Å². The third kappa shape index (κ3) is 4.25. The first-order valence-electron chi connectivity index (χ1n) is 6.04. The van der Waals surface area contributed by atoms with Gasteiger partial charge in [0.2, 0.25) is 0 Å². The van der Waals surface area contributed by atoms with Gasteiger partial charge in [-0.1, -0.05) is 18.2 Å². The summed E-state index contributed by atoms with van der Waals surface area (Å²) in [6, 6.07) is 8.15. The molecule has 0 unspecified atom stereocenters. The number of carbonyl (C=O) groups is 1. The van der Waals surface area contributed by atoms with Crippen LogP contribution in [0.4, 0.5) is 8.78 Å². The zero-order valence-corrected chi connectivity index (χ0v) is 13.4. The van der Waals surface area contributed by atoms with Gasteiger partial charge < -0.3 is 10.1 Å². The lowest BCUT2D eigenvalue weighted by Crippen LogP contribution is -2.22. The quantitative estimate of drug-likeness (QED) is 0.843. The number of nitrogens with one attached hydrogen (secondary N) is 1. The number of thiophene rings is 1. The maximum Gasteiger partial charge on any atom is 0.387 e. The van der Waals surface area contributed by atoms with Crippen LogP contribution in [0, 0.1) is 6.92 Å². The Morgan fingerprint density at radius 2 is 2.14 bits per heavy atom. The molecule has 0 fully saturated rings. The molecular weight excluding hydrogens is 364 g/mol. The zero-order chi connectivity index (χ0) is 15.4. The van der Waals surface area contributed by atoms with Crippen LogP contribution in [0.5, 0.6) is 5.75 Å². The summed E-state index contributed by atoms with van der Waals surface area (Å²) < 4.78 is 29.9. The molecule has 1 heterocycles. The lowest BCUT2D eigenvalue weighted by atomic mass is 10.2. The van der Waals surface area contributed by atoms with Crippen LogP contribution >= 0.6 is 27.3 Å². The Morgan fingerprint density at radius 1 is 1.43 bits per heavy atom. The molecule has 0 aliphatic rings. The molecule has 112 valence electrons. The second kappa shape index (κ2) is 7.00. The number of aryl methyl sites for hydroxylation is 1. The van der Waals surface area contributed by atoms with E-state index in [2.05, 4.69) is 26.0 Å². The van der Waals surface area contributed by atoms with Gasteiger partial charge in [0.05, 0.1) is 8.66 Å². The Labute approximate surface area is 133 Å². The van der Waals surface area contributed by atoms with Crippen LogP contribution in [0.25, 0.3) is 0 Å². The van der Waals surface area contributed by atoms with Gasteiger partial charge in [0.1, 0.15) is 5.75 Å². The smallest absolute Gasteiger partial charge is 0.387 e. The summed E-state index contributed by atoms with van der Waals surface area (Å²) in [5.41, 5.74) is 1.48. The molecule has 0 atom stereocenters. The average molecular weight is 376 g/mol. The van der Waals surface area contributed by atoms with E-state index >= 15 is 0 Å². The highest BCUT2D eigenvalue weighted by Crippen LogP contribution is 2.27. The predicted octanol–water partition coefficient (Wildman–Crippen LogP) is 4.35. The Morgan fingerprint density at radius 3 is 2.76 bits per heavy atom. The molecule has 21 heavy (non-hydrogen) atoms. The lowest BCUT2D eigenvalue weighted by Gasteiger charge is -2.10. The van der Waals surface area contributed by atoms with Crippen molar-refractivity contribution in [2.75, 3.05) is 0 Å². The van der Waals surface area contributed by atoms with Crippen LogP contribution in [0.3, 0.4) is 0 Å². The molecule has 1 aromatic heterocycles. The molecule has 0 saturated carbocycles. The van der Waals surface area contributed by atoms with Gasteiger partial charge in [0.15, 0.2) is 0 Å². The third-order valence-corrected chi connectivity index (χ3v) is 4.84. The minimum atomic E-state index is -2.89. The van der Waals surface area contributed by atoms with Crippen molar-refractivity contribution in [3.63, 3.8) is 0 Å². The summed E-state index contributed by atoms with van der Waals surface area (Å²) >= 11 is 4.68. The minimum Gasteiger partial charge on any atom is -0.434 e. The van der Waals surface area contributed by atoms with Crippen LogP contribution in [-0.2, 0) is 6.54 Å². The highest BCUT2D eigenvalue weighted by Gasteiger charge is 2.13. The van der Waals surface area contributed by atoms with Crippen LogP contribution < -0.4 is 10.1 Å². The van der Waals surface area contributed by atoms with Gasteiger partial charge in [-0.3, -0.25) is 4.79 Å². The predicted molar refractivity (Wildman–Crippen MR) is 81.0 cm³/mol.